The number of nitrogens with zero attached hydrogens (tertiary/aromatic N) is 1. The minimum Gasteiger partial charge on any atom is -0.462 e. The molecule has 0 aliphatic rings. The first-order chi connectivity index (χ1) is 26.3. The van der Waals surface area contributed by atoms with E-state index in [0.717, 1.165) is 38.5 Å². The van der Waals surface area contributed by atoms with Gasteiger partial charge in [-0.1, -0.05) is 194 Å². The summed E-state index contributed by atoms with van der Waals surface area (Å²) in [7, 11) is 0. The molecule has 0 spiro atoms. The molecule has 0 amide bonds. The summed E-state index contributed by atoms with van der Waals surface area (Å²) < 4.78 is 15.9. The predicted octanol–water partition coefficient (Wildman–Crippen LogP) is 13.9. The summed E-state index contributed by atoms with van der Waals surface area (Å²) in [6.07, 6.45) is 39.9. The van der Waals surface area contributed by atoms with Crippen molar-refractivity contribution in [1.29, 1.82) is 5.26 Å². The maximum absolute atomic E-state index is 12.7. The number of hydrogen-bond donors (Lipinski definition) is 0. The van der Waals surface area contributed by atoms with Crippen molar-refractivity contribution in [1.82, 2.24) is 0 Å². The maximum atomic E-state index is 12.7. The highest BCUT2D eigenvalue weighted by Gasteiger charge is 2.25. The van der Waals surface area contributed by atoms with Crippen LogP contribution in [0.5, 0.6) is 0 Å². The van der Waals surface area contributed by atoms with Crippen LogP contribution >= 0.6 is 11.8 Å². The zero-order chi connectivity index (χ0) is 39.8. The fourth-order valence-electron chi connectivity index (χ4n) is 6.70. The molecule has 0 aliphatic carbocycles. The average Bonchev–Trinajstić information content (AvgIpc) is 3.17. The molecule has 0 radical (unpaired) electrons. The van der Waals surface area contributed by atoms with Crippen molar-refractivity contribution >= 4 is 29.7 Å². The molecule has 0 heterocycles. The maximum Gasteiger partial charge on any atom is 0.306 e. The zero-order valence-corrected chi connectivity index (χ0v) is 36.7. The topological polar surface area (TPSA) is 103 Å². The first kappa shape index (κ1) is 52.2. The third kappa shape index (κ3) is 35.9. The molecule has 0 fully saturated rings. The highest BCUT2D eigenvalue weighted by Crippen LogP contribution is 2.27. The molecule has 7 nitrogen and oxygen atoms in total. The van der Waals surface area contributed by atoms with Crippen LogP contribution in [0, 0.1) is 11.3 Å². The number of carbonyl (C=O) groups excluding carboxylic acids is 3. The second-order valence-corrected chi connectivity index (χ2v) is 17.2. The van der Waals surface area contributed by atoms with Crippen LogP contribution in [-0.4, -0.2) is 48.2 Å². The smallest absolute Gasteiger partial charge is 0.306 e. The molecule has 0 aromatic rings. The molecule has 1 unspecified atom stereocenters. The summed E-state index contributed by atoms with van der Waals surface area (Å²) in [4.78, 5) is 37.7. The molecule has 0 aromatic carbocycles. The van der Waals surface area contributed by atoms with E-state index in [2.05, 4.69) is 19.9 Å². The molecule has 316 valence electrons. The van der Waals surface area contributed by atoms with Crippen LogP contribution in [0.2, 0.25) is 0 Å². The summed E-state index contributed by atoms with van der Waals surface area (Å²) in [5, 5.41) is 9.40. The van der Waals surface area contributed by atoms with Gasteiger partial charge < -0.3 is 14.2 Å². The lowest BCUT2D eigenvalue weighted by atomic mass is 10.0. The van der Waals surface area contributed by atoms with Crippen molar-refractivity contribution < 1.29 is 28.6 Å². The summed E-state index contributed by atoms with van der Waals surface area (Å²) in [6, 6.07) is 2.24. The van der Waals surface area contributed by atoms with E-state index in [4.69, 9.17) is 14.2 Å². The molecule has 0 aliphatic heterocycles. The van der Waals surface area contributed by atoms with Crippen molar-refractivity contribution in [3.63, 3.8) is 0 Å². The summed E-state index contributed by atoms with van der Waals surface area (Å²) >= 11 is 1.40. The third-order valence-corrected chi connectivity index (χ3v) is 11.8. The summed E-state index contributed by atoms with van der Waals surface area (Å²) in [5.74, 6) is -1.13. The number of rotatable bonds is 41. The van der Waals surface area contributed by atoms with Gasteiger partial charge in [0.25, 0.3) is 0 Å². The lowest BCUT2D eigenvalue weighted by Crippen LogP contribution is -2.31. The van der Waals surface area contributed by atoms with Crippen molar-refractivity contribution in [2.24, 2.45) is 0 Å². The molecule has 0 rings (SSSR count). The minimum atomic E-state index is -0.842. The average molecular weight is 780 g/mol. The van der Waals surface area contributed by atoms with Crippen LogP contribution in [0.3, 0.4) is 0 Å². The molecule has 0 saturated heterocycles. The van der Waals surface area contributed by atoms with E-state index in [1.54, 1.807) is 6.92 Å². The van der Waals surface area contributed by atoms with Gasteiger partial charge in [-0.15, -0.1) is 11.8 Å². The standard InChI is InChI=1S/C46H85NO6S/c1-5-7-9-11-13-15-17-19-21-23-25-27-29-31-33-35-43(48)51-39-42(40-52-44(49)37-38-46(3,41-47)54-4)53-45(50)36-34-32-30-28-26-24-22-20-18-16-14-12-10-8-6-2/h42H,5-40H2,1-4H3/t42-,46?/m1/s1. The fraction of sp³-hybridized carbons (Fsp3) is 0.913. The van der Waals surface area contributed by atoms with Crippen LogP contribution < -0.4 is 0 Å². The number of ether oxygens (including phenoxy) is 3. The number of esters is 3. The van der Waals surface area contributed by atoms with E-state index in [-0.39, 0.29) is 31.6 Å². The van der Waals surface area contributed by atoms with Gasteiger partial charge in [-0.05, 0) is 32.4 Å². The first-order valence-electron chi connectivity index (χ1n) is 22.8. The minimum absolute atomic E-state index is 0.0870. The molecule has 0 N–H and O–H groups in total. The van der Waals surface area contributed by atoms with Gasteiger partial charge in [0.15, 0.2) is 6.10 Å². The largest absolute Gasteiger partial charge is 0.462 e. The Kier molecular flexibility index (Phi) is 38.2. The van der Waals surface area contributed by atoms with E-state index >= 15 is 0 Å². The SMILES string of the molecule is CCCCCCCCCCCCCCCCCC(=O)OC[C@H](COC(=O)CCC(C)(C#N)SC)OC(=O)CCCCCCCCCCCCCCCCC. The van der Waals surface area contributed by atoms with Crippen molar-refractivity contribution in [2.45, 2.75) is 250 Å². The fourth-order valence-corrected chi connectivity index (χ4v) is 7.10. The quantitative estimate of drug-likeness (QED) is 0.0343. The van der Waals surface area contributed by atoms with Crippen LogP contribution in [0.25, 0.3) is 0 Å². The van der Waals surface area contributed by atoms with E-state index < -0.39 is 16.8 Å². The van der Waals surface area contributed by atoms with Gasteiger partial charge >= 0.3 is 17.9 Å². The van der Waals surface area contributed by atoms with Crippen LogP contribution in [0.15, 0.2) is 0 Å². The Labute approximate surface area is 338 Å². The second kappa shape index (κ2) is 39.5. The molecular formula is C46H85NO6S. The molecule has 8 heteroatoms. The van der Waals surface area contributed by atoms with Crippen molar-refractivity contribution in [3.05, 3.63) is 0 Å². The number of thioether (sulfide) groups is 1. The van der Waals surface area contributed by atoms with Gasteiger partial charge in [-0.2, -0.15) is 5.26 Å². The van der Waals surface area contributed by atoms with Crippen LogP contribution in [-0.2, 0) is 28.6 Å². The third-order valence-electron chi connectivity index (χ3n) is 10.6. The van der Waals surface area contributed by atoms with Gasteiger partial charge in [0.2, 0.25) is 0 Å². The number of unbranched alkanes of at least 4 members (excludes halogenated alkanes) is 28. The van der Waals surface area contributed by atoms with E-state index in [0.29, 0.717) is 19.3 Å². The lowest BCUT2D eigenvalue weighted by molar-refractivity contribution is -0.167. The zero-order valence-electron chi connectivity index (χ0n) is 35.8. The van der Waals surface area contributed by atoms with Gasteiger partial charge in [0.1, 0.15) is 13.2 Å². The highest BCUT2D eigenvalue weighted by molar-refractivity contribution is 8.00. The summed E-state index contributed by atoms with van der Waals surface area (Å²) in [6.45, 7) is 6.03. The molecule has 0 aromatic heterocycles. The Hall–Kier alpha value is -1.75. The molecule has 2 atom stereocenters. The van der Waals surface area contributed by atoms with Crippen LogP contribution in [0.1, 0.15) is 239 Å². The molecule has 54 heavy (non-hydrogen) atoms. The van der Waals surface area contributed by atoms with E-state index in [9.17, 15) is 19.6 Å². The number of carbonyl (C=O) groups is 3. The monoisotopic (exact) mass is 780 g/mol. The Bertz CT molecular complexity index is 923. The first-order valence-corrected chi connectivity index (χ1v) is 24.0. The van der Waals surface area contributed by atoms with Gasteiger partial charge in [0, 0.05) is 19.3 Å². The Morgan fingerprint density at radius 2 is 0.796 bits per heavy atom. The predicted molar refractivity (Wildman–Crippen MR) is 228 cm³/mol. The van der Waals surface area contributed by atoms with Crippen molar-refractivity contribution in [3.8, 4) is 6.07 Å². The Balaban J connectivity index is 4.28. The summed E-state index contributed by atoms with van der Waals surface area (Å²) in [5.41, 5.74) is 0. The van der Waals surface area contributed by atoms with E-state index in [1.807, 2.05) is 6.26 Å². The van der Waals surface area contributed by atoms with Crippen LogP contribution in [0.4, 0.5) is 0 Å². The second-order valence-electron chi connectivity index (χ2n) is 15.9. The number of nitriles is 1. The lowest BCUT2D eigenvalue weighted by Gasteiger charge is -2.20. The number of hydrogen-bond acceptors (Lipinski definition) is 8. The van der Waals surface area contributed by atoms with E-state index in [1.165, 1.54) is 166 Å². The Morgan fingerprint density at radius 1 is 0.500 bits per heavy atom. The molecule has 0 bridgehead atoms. The normalized spacial score (nSPS) is 12.9. The van der Waals surface area contributed by atoms with Gasteiger partial charge in [-0.3, -0.25) is 14.4 Å². The Morgan fingerprint density at radius 3 is 1.11 bits per heavy atom. The highest BCUT2D eigenvalue weighted by atomic mass is 32.2. The van der Waals surface area contributed by atoms with Crippen molar-refractivity contribution in [2.75, 3.05) is 19.5 Å². The molecule has 0 saturated carbocycles. The van der Waals surface area contributed by atoms with Gasteiger partial charge in [0.05, 0.1) is 10.8 Å². The molecular weight excluding hydrogens is 695 g/mol. The van der Waals surface area contributed by atoms with Gasteiger partial charge in [-0.25, -0.2) is 0 Å².